The fraction of sp³-hybridized carbons (Fsp3) is 0.0909. The molecule has 6 heteroatoms. The summed E-state index contributed by atoms with van der Waals surface area (Å²) in [5, 5.41) is 12.2. The maximum absolute atomic E-state index is 14.0. The lowest BCUT2D eigenvalue weighted by molar-refractivity contribution is 0.494. The molecular weight excluding hydrogens is 377 g/mol. The van der Waals surface area contributed by atoms with Crippen molar-refractivity contribution in [3.8, 4) is 11.5 Å². The van der Waals surface area contributed by atoms with Gasteiger partial charge in [-0.1, -0.05) is 60.1 Å². The number of anilines is 1. The summed E-state index contributed by atoms with van der Waals surface area (Å²) in [6.07, 6.45) is 0. The first kappa shape index (κ1) is 18.2. The molecule has 4 rings (SSSR count). The number of rotatable bonds is 5. The van der Waals surface area contributed by atoms with E-state index in [0.717, 1.165) is 5.56 Å². The van der Waals surface area contributed by atoms with Crippen LogP contribution in [0.5, 0.6) is 0 Å². The molecular formula is C22H17ClFN3O. The molecule has 3 aromatic carbocycles. The Balaban J connectivity index is 1.72. The molecule has 0 saturated heterocycles. The third-order valence-corrected chi connectivity index (χ3v) is 4.74. The van der Waals surface area contributed by atoms with Crippen LogP contribution in [0.25, 0.3) is 11.5 Å². The summed E-state index contributed by atoms with van der Waals surface area (Å²) >= 11 is 6.24. The highest BCUT2D eigenvalue weighted by Crippen LogP contribution is 2.31. The zero-order chi connectivity index (χ0) is 19.5. The lowest BCUT2D eigenvalue weighted by atomic mass is 10.1. The van der Waals surface area contributed by atoms with Gasteiger partial charge in [-0.05, 0) is 42.3 Å². The molecule has 0 fully saturated rings. The van der Waals surface area contributed by atoms with Crippen molar-refractivity contribution in [2.75, 3.05) is 5.32 Å². The summed E-state index contributed by atoms with van der Waals surface area (Å²) in [7, 11) is 0. The van der Waals surface area contributed by atoms with E-state index >= 15 is 0 Å². The van der Waals surface area contributed by atoms with E-state index in [0.29, 0.717) is 33.6 Å². The van der Waals surface area contributed by atoms with Crippen molar-refractivity contribution in [3.05, 3.63) is 101 Å². The van der Waals surface area contributed by atoms with Crippen molar-refractivity contribution < 1.29 is 8.81 Å². The minimum Gasteiger partial charge on any atom is -0.418 e. The largest absolute Gasteiger partial charge is 0.418 e. The van der Waals surface area contributed by atoms with Gasteiger partial charge in [0, 0.05) is 5.69 Å². The average molecular weight is 394 g/mol. The molecule has 0 amide bonds. The number of aryl methyl sites for hydroxylation is 1. The van der Waals surface area contributed by atoms with Gasteiger partial charge in [0.2, 0.25) is 11.8 Å². The maximum Gasteiger partial charge on any atom is 0.249 e. The van der Waals surface area contributed by atoms with Crippen LogP contribution < -0.4 is 5.32 Å². The van der Waals surface area contributed by atoms with Crippen LogP contribution in [-0.2, 0) is 0 Å². The summed E-state index contributed by atoms with van der Waals surface area (Å²) in [4.78, 5) is 0. The molecule has 4 nitrogen and oxygen atoms in total. The normalized spacial score (nSPS) is 12.0. The molecule has 1 N–H and O–H groups in total. The van der Waals surface area contributed by atoms with Gasteiger partial charge in [0.25, 0.3) is 0 Å². The molecule has 1 atom stereocenters. The highest BCUT2D eigenvalue weighted by molar-refractivity contribution is 6.33. The van der Waals surface area contributed by atoms with Crippen LogP contribution in [0.2, 0.25) is 5.02 Å². The van der Waals surface area contributed by atoms with E-state index in [4.69, 9.17) is 16.0 Å². The highest BCUT2D eigenvalue weighted by atomic mass is 35.5. The van der Waals surface area contributed by atoms with Crippen LogP contribution in [0, 0.1) is 12.7 Å². The van der Waals surface area contributed by atoms with E-state index in [2.05, 4.69) is 15.5 Å². The first-order valence-electron chi connectivity index (χ1n) is 8.78. The van der Waals surface area contributed by atoms with Crippen molar-refractivity contribution in [1.82, 2.24) is 10.2 Å². The molecule has 1 aromatic heterocycles. The summed E-state index contributed by atoms with van der Waals surface area (Å²) in [5.41, 5.74) is 2.78. The van der Waals surface area contributed by atoms with Crippen LogP contribution in [0.1, 0.15) is 23.1 Å². The van der Waals surface area contributed by atoms with Crippen molar-refractivity contribution in [1.29, 1.82) is 0 Å². The van der Waals surface area contributed by atoms with Gasteiger partial charge in [0.05, 0.1) is 10.6 Å². The molecule has 0 aliphatic rings. The Morgan fingerprint density at radius 1 is 0.964 bits per heavy atom. The smallest absolute Gasteiger partial charge is 0.249 e. The zero-order valence-corrected chi connectivity index (χ0v) is 15.8. The van der Waals surface area contributed by atoms with E-state index in [1.54, 1.807) is 19.1 Å². The lowest BCUT2D eigenvalue weighted by Crippen LogP contribution is -2.13. The Morgan fingerprint density at radius 3 is 2.46 bits per heavy atom. The van der Waals surface area contributed by atoms with Gasteiger partial charge < -0.3 is 9.73 Å². The summed E-state index contributed by atoms with van der Waals surface area (Å²) < 4.78 is 19.9. The number of halogens is 2. The van der Waals surface area contributed by atoms with Gasteiger partial charge in [0.15, 0.2) is 0 Å². The maximum atomic E-state index is 14.0. The van der Waals surface area contributed by atoms with Crippen LogP contribution in [0.3, 0.4) is 0 Å². The van der Waals surface area contributed by atoms with Gasteiger partial charge in [0.1, 0.15) is 11.9 Å². The zero-order valence-electron chi connectivity index (χ0n) is 15.1. The van der Waals surface area contributed by atoms with E-state index in [9.17, 15) is 4.39 Å². The van der Waals surface area contributed by atoms with Gasteiger partial charge >= 0.3 is 0 Å². The number of aromatic nitrogens is 2. The minimum atomic E-state index is -0.438. The Morgan fingerprint density at radius 2 is 1.71 bits per heavy atom. The molecule has 0 bridgehead atoms. The van der Waals surface area contributed by atoms with Crippen LogP contribution >= 0.6 is 11.6 Å². The number of hydrogen-bond donors (Lipinski definition) is 1. The Bertz CT molecular complexity index is 1100. The fourth-order valence-electron chi connectivity index (χ4n) is 2.88. The summed E-state index contributed by atoms with van der Waals surface area (Å²) in [6, 6.07) is 21.5. The first-order chi connectivity index (χ1) is 13.6. The SMILES string of the molecule is Cc1ccc(N[C@H](c2ccccc2)c2nnc(-c3ccccc3Cl)o2)cc1F. The first-order valence-corrected chi connectivity index (χ1v) is 9.15. The molecule has 0 aliphatic carbocycles. The fourth-order valence-corrected chi connectivity index (χ4v) is 3.09. The third kappa shape index (κ3) is 3.75. The van der Waals surface area contributed by atoms with E-state index < -0.39 is 6.04 Å². The third-order valence-electron chi connectivity index (χ3n) is 4.41. The van der Waals surface area contributed by atoms with Crippen LogP contribution in [-0.4, -0.2) is 10.2 Å². The number of nitrogens with zero attached hydrogens (tertiary/aromatic N) is 2. The molecule has 1 heterocycles. The standard InChI is InChI=1S/C22H17ClFN3O/c1-14-11-12-16(13-19(14)24)25-20(15-7-3-2-4-8-15)22-27-26-21(28-22)17-9-5-6-10-18(17)23/h2-13,20,25H,1H3/t20-/m1/s1. The summed E-state index contributed by atoms with van der Waals surface area (Å²) in [5.74, 6) is 0.416. The topological polar surface area (TPSA) is 51.0 Å². The molecule has 0 unspecified atom stereocenters. The summed E-state index contributed by atoms with van der Waals surface area (Å²) in [6.45, 7) is 1.72. The minimum absolute atomic E-state index is 0.279. The molecule has 0 spiro atoms. The van der Waals surface area contributed by atoms with E-state index in [-0.39, 0.29) is 5.82 Å². The number of benzene rings is 3. The van der Waals surface area contributed by atoms with Gasteiger partial charge in [-0.25, -0.2) is 4.39 Å². The van der Waals surface area contributed by atoms with Gasteiger partial charge in [-0.15, -0.1) is 10.2 Å². The molecule has 0 radical (unpaired) electrons. The lowest BCUT2D eigenvalue weighted by Gasteiger charge is -2.17. The Hall–Kier alpha value is -3.18. The van der Waals surface area contributed by atoms with Crippen molar-refractivity contribution in [2.45, 2.75) is 13.0 Å². The van der Waals surface area contributed by atoms with E-state index in [1.165, 1.54) is 6.07 Å². The van der Waals surface area contributed by atoms with Crippen molar-refractivity contribution >= 4 is 17.3 Å². The van der Waals surface area contributed by atoms with Crippen molar-refractivity contribution in [3.63, 3.8) is 0 Å². The second-order valence-electron chi connectivity index (χ2n) is 6.38. The number of nitrogens with one attached hydrogen (secondary N) is 1. The second kappa shape index (κ2) is 7.82. The quantitative estimate of drug-likeness (QED) is 0.449. The average Bonchev–Trinajstić information content (AvgIpc) is 3.19. The van der Waals surface area contributed by atoms with E-state index in [1.807, 2.05) is 54.6 Å². The molecule has 0 aliphatic heterocycles. The monoisotopic (exact) mass is 393 g/mol. The predicted molar refractivity (Wildman–Crippen MR) is 108 cm³/mol. The van der Waals surface area contributed by atoms with Gasteiger partial charge in [-0.3, -0.25) is 0 Å². The Kier molecular flexibility index (Phi) is 5.08. The second-order valence-corrected chi connectivity index (χ2v) is 6.78. The molecule has 28 heavy (non-hydrogen) atoms. The van der Waals surface area contributed by atoms with Gasteiger partial charge in [-0.2, -0.15) is 0 Å². The molecule has 4 aromatic rings. The molecule has 0 saturated carbocycles. The number of hydrogen-bond acceptors (Lipinski definition) is 4. The highest BCUT2D eigenvalue weighted by Gasteiger charge is 2.22. The predicted octanol–water partition coefficient (Wildman–Crippen LogP) is 6.04. The van der Waals surface area contributed by atoms with Crippen LogP contribution in [0.4, 0.5) is 10.1 Å². The van der Waals surface area contributed by atoms with Crippen molar-refractivity contribution in [2.24, 2.45) is 0 Å². The Labute approximate surface area is 167 Å². The molecule has 140 valence electrons. The van der Waals surface area contributed by atoms with Crippen LogP contribution in [0.15, 0.2) is 77.2 Å².